The van der Waals surface area contributed by atoms with Crippen LogP contribution in [0.1, 0.15) is 12.0 Å². The molecule has 0 aromatic heterocycles. The summed E-state index contributed by atoms with van der Waals surface area (Å²) in [6, 6.07) is 10.7. The number of methoxy groups -OCH3 is 1. The molecule has 0 atom stereocenters. The monoisotopic (exact) mass is 383 g/mol. The number of terminal acetylenes is 1. The summed E-state index contributed by atoms with van der Waals surface area (Å²) in [5.74, 6) is 1.40. The zero-order valence-corrected chi connectivity index (χ0v) is 15.1. The van der Waals surface area contributed by atoms with Crippen LogP contribution < -0.4 is 20.2 Å². The van der Waals surface area contributed by atoms with Crippen LogP contribution in [-0.4, -0.2) is 31.7 Å². The number of carbonyl (C=O) groups excluding carboxylic acids is 2. The van der Waals surface area contributed by atoms with Crippen molar-refractivity contribution in [3.8, 4) is 23.8 Å². The van der Waals surface area contributed by atoms with Crippen molar-refractivity contribution in [1.29, 1.82) is 0 Å². The fourth-order valence-electron chi connectivity index (χ4n) is 2.12. The van der Waals surface area contributed by atoms with E-state index in [2.05, 4.69) is 21.8 Å². The van der Waals surface area contributed by atoms with Gasteiger partial charge in [-0.3, -0.25) is 9.59 Å². The molecule has 0 heterocycles. The zero-order valence-electron chi connectivity index (χ0n) is 15.1. The Balaban J connectivity index is 1.88. The minimum absolute atomic E-state index is 0.00282. The van der Waals surface area contributed by atoms with Crippen molar-refractivity contribution in [3.05, 3.63) is 53.8 Å². The largest absolute Gasteiger partial charge is 0.493 e. The van der Waals surface area contributed by atoms with Crippen molar-refractivity contribution < 1.29 is 23.5 Å². The molecule has 0 unspecified atom stereocenters. The van der Waals surface area contributed by atoms with Gasteiger partial charge in [-0.05, 0) is 35.9 Å². The van der Waals surface area contributed by atoms with Crippen LogP contribution in [0.5, 0.6) is 11.5 Å². The molecule has 2 rings (SSSR count). The highest BCUT2D eigenvalue weighted by Gasteiger charge is 2.11. The number of hydrazone groups is 1. The summed E-state index contributed by atoms with van der Waals surface area (Å²) in [5, 5.41) is 6.10. The lowest BCUT2D eigenvalue weighted by atomic mass is 10.2. The highest BCUT2D eigenvalue weighted by atomic mass is 19.1. The summed E-state index contributed by atoms with van der Waals surface area (Å²) in [6.45, 7) is 0.106. The Hall–Kier alpha value is -3.86. The highest BCUT2D eigenvalue weighted by molar-refractivity contribution is 6.03. The molecule has 2 amide bonds. The van der Waals surface area contributed by atoms with E-state index < -0.39 is 24.1 Å². The number of nitrogens with zero attached hydrogens (tertiary/aromatic N) is 1. The molecule has 2 aromatic rings. The zero-order chi connectivity index (χ0) is 20.4. The van der Waals surface area contributed by atoms with Crippen molar-refractivity contribution >= 4 is 23.7 Å². The van der Waals surface area contributed by atoms with Gasteiger partial charge in [-0.15, -0.1) is 6.42 Å². The topological polar surface area (TPSA) is 89.0 Å². The van der Waals surface area contributed by atoms with E-state index in [0.29, 0.717) is 17.1 Å². The van der Waals surface area contributed by atoms with E-state index in [1.165, 1.54) is 31.5 Å². The van der Waals surface area contributed by atoms with Crippen molar-refractivity contribution in [2.24, 2.45) is 5.10 Å². The molecule has 0 fully saturated rings. The number of nitrogens with one attached hydrogen (secondary N) is 2. The smallest absolute Gasteiger partial charge is 0.249 e. The molecule has 144 valence electrons. The molecule has 0 aliphatic rings. The van der Waals surface area contributed by atoms with Gasteiger partial charge in [0.25, 0.3) is 0 Å². The van der Waals surface area contributed by atoms with Gasteiger partial charge in [0.05, 0.1) is 19.0 Å². The van der Waals surface area contributed by atoms with Crippen LogP contribution in [0.2, 0.25) is 0 Å². The van der Waals surface area contributed by atoms with Crippen molar-refractivity contribution in [3.63, 3.8) is 0 Å². The van der Waals surface area contributed by atoms with Gasteiger partial charge in [-0.2, -0.15) is 5.10 Å². The van der Waals surface area contributed by atoms with Crippen molar-refractivity contribution in [1.82, 2.24) is 5.43 Å². The molecule has 0 bridgehead atoms. The first-order valence-electron chi connectivity index (χ1n) is 8.14. The van der Waals surface area contributed by atoms with Crippen LogP contribution in [0.3, 0.4) is 0 Å². The van der Waals surface area contributed by atoms with E-state index in [1.807, 2.05) is 0 Å². The second kappa shape index (κ2) is 10.3. The lowest BCUT2D eigenvalue weighted by Gasteiger charge is -2.09. The maximum atomic E-state index is 13.5. The first kappa shape index (κ1) is 20.5. The molecule has 7 nitrogen and oxygen atoms in total. The van der Waals surface area contributed by atoms with Crippen LogP contribution in [0.25, 0.3) is 0 Å². The molecular formula is C20H18FN3O4. The first-order chi connectivity index (χ1) is 13.5. The molecule has 28 heavy (non-hydrogen) atoms. The Morgan fingerprint density at radius 3 is 2.71 bits per heavy atom. The van der Waals surface area contributed by atoms with Gasteiger partial charge in [0.2, 0.25) is 11.8 Å². The Bertz CT molecular complexity index is 922. The van der Waals surface area contributed by atoms with Crippen LogP contribution in [0.4, 0.5) is 10.1 Å². The fourth-order valence-corrected chi connectivity index (χ4v) is 2.12. The third-order valence-corrected chi connectivity index (χ3v) is 3.37. The molecule has 2 aromatic carbocycles. The molecule has 0 aliphatic carbocycles. The summed E-state index contributed by atoms with van der Waals surface area (Å²) in [6.07, 6.45) is 6.02. The Labute approximate surface area is 161 Å². The Morgan fingerprint density at radius 1 is 1.21 bits per heavy atom. The number of benzene rings is 2. The van der Waals surface area contributed by atoms with Gasteiger partial charge < -0.3 is 14.8 Å². The maximum absolute atomic E-state index is 13.5. The molecule has 8 heteroatoms. The average Bonchev–Trinajstić information content (AvgIpc) is 2.68. The summed E-state index contributed by atoms with van der Waals surface area (Å²) >= 11 is 0. The van der Waals surface area contributed by atoms with E-state index in [4.69, 9.17) is 15.9 Å². The second-order valence-corrected chi connectivity index (χ2v) is 5.40. The Kier molecular flexibility index (Phi) is 7.54. The minimum Gasteiger partial charge on any atom is -0.493 e. The number of amides is 2. The normalized spacial score (nSPS) is 10.2. The first-order valence-corrected chi connectivity index (χ1v) is 8.14. The van der Waals surface area contributed by atoms with Crippen molar-refractivity contribution in [2.45, 2.75) is 6.42 Å². The number of hydrogen-bond acceptors (Lipinski definition) is 5. The lowest BCUT2D eigenvalue weighted by Crippen LogP contribution is -2.24. The van der Waals surface area contributed by atoms with Crippen LogP contribution in [0.15, 0.2) is 47.6 Å². The van der Waals surface area contributed by atoms with Crippen LogP contribution >= 0.6 is 0 Å². The minimum atomic E-state index is -0.658. The summed E-state index contributed by atoms with van der Waals surface area (Å²) in [5.41, 5.74) is 2.85. The highest BCUT2D eigenvalue weighted by Crippen LogP contribution is 2.27. The summed E-state index contributed by atoms with van der Waals surface area (Å²) in [7, 11) is 1.48. The SMILES string of the molecule is C#CCOc1ccc(C=NNC(=O)CC(=O)Nc2ccccc2F)cc1OC. The number of ether oxygens (including phenoxy) is 2. The third kappa shape index (κ3) is 6.14. The van der Waals surface area contributed by atoms with Crippen LogP contribution in [-0.2, 0) is 9.59 Å². The number of carbonyl (C=O) groups is 2. The van der Waals surface area contributed by atoms with Crippen LogP contribution in [0, 0.1) is 18.2 Å². The predicted molar refractivity (Wildman–Crippen MR) is 103 cm³/mol. The number of rotatable bonds is 8. The predicted octanol–water partition coefficient (Wildman–Crippen LogP) is 2.33. The number of para-hydroxylation sites is 1. The maximum Gasteiger partial charge on any atom is 0.249 e. The molecule has 0 saturated heterocycles. The van der Waals surface area contributed by atoms with E-state index in [9.17, 15) is 14.0 Å². The molecule has 0 saturated carbocycles. The lowest BCUT2D eigenvalue weighted by molar-refractivity contribution is -0.126. The molecule has 2 N–H and O–H groups in total. The number of anilines is 1. The number of hydrogen-bond donors (Lipinski definition) is 2. The molecule has 0 aliphatic heterocycles. The average molecular weight is 383 g/mol. The second-order valence-electron chi connectivity index (χ2n) is 5.40. The third-order valence-electron chi connectivity index (χ3n) is 3.37. The van der Waals surface area contributed by atoms with Gasteiger partial charge in [0.15, 0.2) is 11.5 Å². The van der Waals surface area contributed by atoms with Gasteiger partial charge in [-0.25, -0.2) is 9.82 Å². The standard InChI is InChI=1S/C20H18FN3O4/c1-3-10-28-17-9-8-14(11-18(17)27-2)13-22-24-20(26)12-19(25)23-16-7-5-4-6-15(16)21/h1,4-9,11,13H,10,12H2,2H3,(H,23,25)(H,24,26). The van der Waals surface area contributed by atoms with E-state index in [0.717, 1.165) is 0 Å². The summed E-state index contributed by atoms with van der Waals surface area (Å²) < 4.78 is 24.0. The Morgan fingerprint density at radius 2 is 2.00 bits per heavy atom. The van der Waals surface area contributed by atoms with Gasteiger partial charge in [-0.1, -0.05) is 18.1 Å². The van der Waals surface area contributed by atoms with E-state index in [-0.39, 0.29) is 12.3 Å². The fraction of sp³-hybridized carbons (Fsp3) is 0.150. The molecule has 0 spiro atoms. The van der Waals surface area contributed by atoms with Gasteiger partial charge in [0.1, 0.15) is 18.8 Å². The number of halogens is 1. The van der Waals surface area contributed by atoms with E-state index >= 15 is 0 Å². The quantitative estimate of drug-likeness (QED) is 0.317. The van der Waals surface area contributed by atoms with Gasteiger partial charge in [0, 0.05) is 0 Å². The van der Waals surface area contributed by atoms with Gasteiger partial charge >= 0.3 is 0 Å². The van der Waals surface area contributed by atoms with E-state index in [1.54, 1.807) is 24.3 Å². The van der Waals surface area contributed by atoms with Crippen molar-refractivity contribution in [2.75, 3.05) is 19.0 Å². The molecular weight excluding hydrogens is 365 g/mol. The summed E-state index contributed by atoms with van der Waals surface area (Å²) in [4.78, 5) is 23.6. The molecule has 0 radical (unpaired) electrons.